The van der Waals surface area contributed by atoms with E-state index in [-0.39, 0.29) is 0 Å². The second-order valence-corrected chi connectivity index (χ2v) is 17.3. The Bertz CT molecular complexity index is 2160. The van der Waals surface area contributed by atoms with Crippen LogP contribution in [0.5, 0.6) is 0 Å². The summed E-state index contributed by atoms with van der Waals surface area (Å²) in [5.74, 6) is 4.38. The highest BCUT2D eigenvalue weighted by Gasteiger charge is 2.48. The van der Waals surface area contributed by atoms with Crippen LogP contribution in [0.2, 0.25) is 0 Å². The highest BCUT2D eigenvalue weighted by atomic mass is 32.2. The first-order valence-electron chi connectivity index (χ1n) is 19.4. The Morgan fingerprint density at radius 3 is 2.33 bits per heavy atom. The molecule has 0 fully saturated rings. The largest absolute Gasteiger partial charge is 0.121 e. The summed E-state index contributed by atoms with van der Waals surface area (Å²) in [7, 11) is 0. The van der Waals surface area contributed by atoms with E-state index < -0.39 is 0 Å². The van der Waals surface area contributed by atoms with Gasteiger partial charge in [-0.1, -0.05) is 170 Å². The molecule has 10 aliphatic carbocycles. The van der Waals surface area contributed by atoms with Crippen LogP contribution < -0.4 is 0 Å². The van der Waals surface area contributed by atoms with Crippen molar-refractivity contribution in [3.05, 3.63) is 214 Å². The topological polar surface area (TPSA) is 0 Å². The molecular weight excluding hydrogens is 633 g/mol. The number of thioether (sulfide) groups is 1. The number of hydrogen-bond donors (Lipinski definition) is 0. The van der Waals surface area contributed by atoms with E-state index in [2.05, 4.69) is 176 Å². The van der Waals surface area contributed by atoms with Crippen molar-refractivity contribution >= 4 is 11.8 Å². The van der Waals surface area contributed by atoms with Gasteiger partial charge in [0.2, 0.25) is 0 Å². The standard InChI is InChI=1S/C50H44S/c1-3-13-33-27-36(23-21-31(33)11-1)48-40-17-6-7-18-41(40)49(37-24-22-32-12-2-4-14-34(32)28-37)45-29-35(25-26-42(45)48)44-30-46-39-16-9-10-20-47(39)51-50(46)43-19-8-5-15-38(43)44/h1-8,10-15,17-26,28-30,32-34,38,40-43,46,48,50H,9,16,27H2/t32?,33?,34?,38?,40?,41?,42?,43?,46?,48?,50-/m1/s1. The van der Waals surface area contributed by atoms with Crippen LogP contribution in [-0.2, 0) is 0 Å². The lowest BCUT2D eigenvalue weighted by Crippen LogP contribution is -2.39. The molecule has 1 heteroatoms. The van der Waals surface area contributed by atoms with Crippen LogP contribution in [0, 0.1) is 59.2 Å². The zero-order valence-electron chi connectivity index (χ0n) is 29.0. The molecule has 0 nitrogen and oxygen atoms in total. The molecule has 1 aliphatic heterocycles. The fraction of sp³-hybridized carbons (Fsp3) is 0.280. The molecule has 0 saturated heterocycles. The van der Waals surface area contributed by atoms with Crippen molar-refractivity contribution in [2.24, 2.45) is 59.2 Å². The van der Waals surface area contributed by atoms with Gasteiger partial charge in [0.1, 0.15) is 0 Å². The maximum absolute atomic E-state index is 2.72. The molecule has 0 N–H and O–H groups in total. The van der Waals surface area contributed by atoms with E-state index in [0.29, 0.717) is 64.4 Å². The summed E-state index contributed by atoms with van der Waals surface area (Å²) in [5.41, 5.74) is 12.3. The fourth-order valence-corrected chi connectivity index (χ4v) is 12.8. The van der Waals surface area contributed by atoms with Crippen LogP contribution in [0.1, 0.15) is 19.3 Å². The van der Waals surface area contributed by atoms with Crippen LogP contribution in [0.4, 0.5) is 0 Å². The van der Waals surface area contributed by atoms with E-state index in [1.54, 1.807) is 32.8 Å². The third-order valence-corrected chi connectivity index (χ3v) is 15.1. The van der Waals surface area contributed by atoms with Gasteiger partial charge in [0.15, 0.2) is 0 Å². The first kappa shape index (κ1) is 30.3. The molecule has 0 spiro atoms. The molecule has 1 heterocycles. The Balaban J connectivity index is 1.08. The second kappa shape index (κ2) is 12.1. The van der Waals surface area contributed by atoms with Gasteiger partial charge < -0.3 is 0 Å². The third-order valence-electron chi connectivity index (χ3n) is 13.5. The molecule has 0 bridgehead atoms. The first-order chi connectivity index (χ1) is 25.3. The number of fused-ring (bicyclic) bond motifs is 8. The Morgan fingerprint density at radius 2 is 1.39 bits per heavy atom. The SMILES string of the molecule is C1=CC2=CC=C(C3C4C=CC(C5=CC6C7=C(C=CCC7)S[C@@H]6C6C=CC=CC56)=CC4=C(C4=CC5C=CC=CC5C=C4)C4C=CC=CC43)CC2C=C1. The van der Waals surface area contributed by atoms with E-state index in [0.717, 1.165) is 6.42 Å². The van der Waals surface area contributed by atoms with E-state index in [1.165, 1.54) is 29.6 Å². The normalized spacial score (nSPS) is 40.0. The average molecular weight is 677 g/mol. The van der Waals surface area contributed by atoms with Crippen LogP contribution in [-0.4, -0.2) is 5.25 Å². The summed E-state index contributed by atoms with van der Waals surface area (Å²) in [6.07, 6.45) is 69.0. The van der Waals surface area contributed by atoms with E-state index in [1.807, 2.05) is 0 Å². The Kier molecular flexibility index (Phi) is 7.21. The minimum atomic E-state index is 0.341. The predicted octanol–water partition coefficient (Wildman–Crippen LogP) is 11.9. The quantitative estimate of drug-likeness (QED) is 0.287. The summed E-state index contributed by atoms with van der Waals surface area (Å²) in [5, 5.41) is 0.602. The maximum Gasteiger partial charge on any atom is 0.0267 e. The highest BCUT2D eigenvalue weighted by molar-refractivity contribution is 8.04. The van der Waals surface area contributed by atoms with Crippen molar-refractivity contribution in [2.75, 3.05) is 0 Å². The van der Waals surface area contributed by atoms with Crippen molar-refractivity contribution in [3.63, 3.8) is 0 Å². The monoisotopic (exact) mass is 676 g/mol. The molecule has 11 rings (SSSR count). The van der Waals surface area contributed by atoms with Crippen LogP contribution >= 0.6 is 11.8 Å². The third kappa shape index (κ3) is 4.87. The minimum absolute atomic E-state index is 0.341. The molecule has 11 atom stereocenters. The molecule has 0 aromatic heterocycles. The smallest absolute Gasteiger partial charge is 0.0267 e. The summed E-state index contributed by atoms with van der Waals surface area (Å²) >= 11 is 2.15. The summed E-state index contributed by atoms with van der Waals surface area (Å²) in [6.45, 7) is 0. The lowest BCUT2D eigenvalue weighted by atomic mass is 9.56. The van der Waals surface area contributed by atoms with Gasteiger partial charge in [-0.2, -0.15) is 0 Å². The Morgan fingerprint density at radius 1 is 0.588 bits per heavy atom. The molecule has 11 aliphatic rings. The van der Waals surface area contributed by atoms with E-state index in [9.17, 15) is 0 Å². The molecule has 0 saturated carbocycles. The summed E-state index contributed by atoms with van der Waals surface area (Å²) < 4.78 is 0. The Hall–Kier alpha value is -4.33. The van der Waals surface area contributed by atoms with Gasteiger partial charge in [-0.05, 0) is 70.1 Å². The van der Waals surface area contributed by atoms with Crippen LogP contribution in [0.3, 0.4) is 0 Å². The summed E-state index contributed by atoms with van der Waals surface area (Å²) in [4.78, 5) is 1.55. The van der Waals surface area contributed by atoms with E-state index in [4.69, 9.17) is 0 Å². The van der Waals surface area contributed by atoms with Crippen molar-refractivity contribution < 1.29 is 0 Å². The summed E-state index contributed by atoms with van der Waals surface area (Å²) in [6, 6.07) is 0. The lowest BCUT2D eigenvalue weighted by molar-refractivity contribution is 0.302. The lowest BCUT2D eigenvalue weighted by Gasteiger charge is -2.47. The Labute approximate surface area is 307 Å². The van der Waals surface area contributed by atoms with Crippen molar-refractivity contribution in [2.45, 2.75) is 24.5 Å². The molecule has 0 amide bonds. The number of hydrogen-bond acceptors (Lipinski definition) is 1. The molecule has 0 aromatic rings. The molecule has 0 radical (unpaired) electrons. The first-order valence-corrected chi connectivity index (χ1v) is 20.3. The van der Waals surface area contributed by atoms with Crippen molar-refractivity contribution in [1.82, 2.24) is 0 Å². The number of rotatable bonds is 3. The second-order valence-electron chi connectivity index (χ2n) is 16.1. The molecule has 10 unspecified atom stereocenters. The number of allylic oxidation sites excluding steroid dienone is 35. The van der Waals surface area contributed by atoms with Crippen LogP contribution in [0.25, 0.3) is 0 Å². The molecule has 51 heavy (non-hydrogen) atoms. The van der Waals surface area contributed by atoms with Gasteiger partial charge in [0.05, 0.1) is 0 Å². The van der Waals surface area contributed by atoms with Gasteiger partial charge in [0, 0.05) is 57.5 Å². The van der Waals surface area contributed by atoms with Crippen LogP contribution in [0.15, 0.2) is 214 Å². The fourth-order valence-electron chi connectivity index (χ4n) is 11.2. The molecule has 0 aromatic carbocycles. The van der Waals surface area contributed by atoms with Crippen molar-refractivity contribution in [1.29, 1.82) is 0 Å². The van der Waals surface area contributed by atoms with E-state index >= 15 is 0 Å². The van der Waals surface area contributed by atoms with Gasteiger partial charge >= 0.3 is 0 Å². The zero-order valence-corrected chi connectivity index (χ0v) is 29.8. The van der Waals surface area contributed by atoms with Crippen molar-refractivity contribution in [3.8, 4) is 0 Å². The molecular formula is C50H44S. The minimum Gasteiger partial charge on any atom is -0.121 e. The molecule has 250 valence electrons. The van der Waals surface area contributed by atoms with Gasteiger partial charge in [-0.3, -0.25) is 0 Å². The van der Waals surface area contributed by atoms with Gasteiger partial charge in [-0.15, -0.1) is 11.8 Å². The average Bonchev–Trinajstić information content (AvgIpc) is 3.58. The zero-order chi connectivity index (χ0) is 33.5. The van der Waals surface area contributed by atoms with Gasteiger partial charge in [-0.25, -0.2) is 0 Å². The maximum atomic E-state index is 2.72. The highest BCUT2D eigenvalue weighted by Crippen LogP contribution is 2.59. The predicted molar refractivity (Wildman–Crippen MR) is 215 cm³/mol. The van der Waals surface area contributed by atoms with Gasteiger partial charge in [0.25, 0.3) is 0 Å².